The van der Waals surface area contributed by atoms with E-state index in [9.17, 15) is 18.0 Å². The number of anilines is 1. The van der Waals surface area contributed by atoms with E-state index in [0.717, 1.165) is 42.0 Å². The molecule has 0 bridgehead atoms. The average Bonchev–Trinajstić information content (AvgIpc) is 2.97. The van der Waals surface area contributed by atoms with Gasteiger partial charge in [-0.25, -0.2) is 8.42 Å². The fourth-order valence-electron chi connectivity index (χ4n) is 5.27. The zero-order chi connectivity index (χ0) is 30.3. The third kappa shape index (κ3) is 7.94. The Labute approximate surface area is 262 Å². The molecule has 4 rings (SSSR count). The summed E-state index contributed by atoms with van der Waals surface area (Å²) in [5, 5.41) is 3.62. The van der Waals surface area contributed by atoms with E-state index in [0.29, 0.717) is 27.2 Å². The van der Waals surface area contributed by atoms with Crippen LogP contribution in [0, 0.1) is 6.92 Å². The van der Waals surface area contributed by atoms with Crippen LogP contribution in [0.5, 0.6) is 0 Å². The van der Waals surface area contributed by atoms with Gasteiger partial charge in [0, 0.05) is 22.1 Å². The molecule has 0 heterocycles. The van der Waals surface area contributed by atoms with E-state index in [2.05, 4.69) is 21.2 Å². The Hall–Kier alpha value is -2.88. The monoisotopic (exact) mass is 673 g/mol. The molecule has 2 amide bonds. The van der Waals surface area contributed by atoms with Crippen LogP contribution in [0.15, 0.2) is 82.2 Å². The lowest BCUT2D eigenvalue weighted by atomic mass is 9.95. The van der Waals surface area contributed by atoms with E-state index in [1.165, 1.54) is 17.0 Å². The summed E-state index contributed by atoms with van der Waals surface area (Å²) < 4.78 is 29.8. The maximum absolute atomic E-state index is 14.2. The van der Waals surface area contributed by atoms with Gasteiger partial charge in [-0.15, -0.1) is 0 Å². The smallest absolute Gasteiger partial charge is 0.264 e. The fraction of sp³-hybridized carbons (Fsp3) is 0.375. The van der Waals surface area contributed by atoms with Gasteiger partial charge in [-0.1, -0.05) is 95.7 Å². The predicted octanol–water partition coefficient (Wildman–Crippen LogP) is 6.86. The zero-order valence-electron chi connectivity index (χ0n) is 23.9. The number of hydrogen-bond acceptors (Lipinski definition) is 4. The van der Waals surface area contributed by atoms with Crippen molar-refractivity contribution in [2.45, 2.75) is 75.9 Å². The van der Waals surface area contributed by atoms with Crippen molar-refractivity contribution < 1.29 is 18.0 Å². The third-order valence-corrected chi connectivity index (χ3v) is 10.3. The van der Waals surface area contributed by atoms with E-state index in [4.69, 9.17) is 11.6 Å². The number of carbonyl (C=O) groups is 2. The van der Waals surface area contributed by atoms with Gasteiger partial charge in [-0.3, -0.25) is 13.9 Å². The first-order valence-corrected chi connectivity index (χ1v) is 16.9. The molecule has 0 spiro atoms. The molecule has 1 atom stereocenters. The van der Waals surface area contributed by atoms with Crippen LogP contribution in [0.1, 0.15) is 56.6 Å². The molecule has 7 nitrogen and oxygen atoms in total. The first kappa shape index (κ1) is 32.0. The highest BCUT2D eigenvalue weighted by Crippen LogP contribution is 2.28. The highest BCUT2D eigenvalue weighted by molar-refractivity contribution is 9.10. The summed E-state index contributed by atoms with van der Waals surface area (Å²) in [4.78, 5) is 29.4. The van der Waals surface area contributed by atoms with Gasteiger partial charge < -0.3 is 10.2 Å². The number of carbonyl (C=O) groups excluding carboxylic acids is 2. The van der Waals surface area contributed by atoms with E-state index >= 15 is 0 Å². The number of halogens is 2. The van der Waals surface area contributed by atoms with E-state index in [-0.39, 0.29) is 23.4 Å². The quantitative estimate of drug-likeness (QED) is 0.241. The second kappa shape index (κ2) is 14.5. The zero-order valence-corrected chi connectivity index (χ0v) is 27.1. The SMILES string of the molecule is CCC(C(=O)NC1CCCCC1)N(Cc1ccccc1Cl)C(=O)CN(c1cccc(Br)c1)S(=O)(=O)c1ccc(C)cc1. The number of rotatable bonds is 11. The van der Waals surface area contributed by atoms with E-state index in [1.54, 1.807) is 48.5 Å². The first-order valence-electron chi connectivity index (χ1n) is 14.3. The third-order valence-electron chi connectivity index (χ3n) is 7.62. The summed E-state index contributed by atoms with van der Waals surface area (Å²) >= 11 is 9.92. The molecule has 1 fully saturated rings. The summed E-state index contributed by atoms with van der Waals surface area (Å²) in [7, 11) is -4.13. The van der Waals surface area contributed by atoms with Crippen molar-refractivity contribution in [3.8, 4) is 0 Å². The number of nitrogens with zero attached hydrogens (tertiary/aromatic N) is 2. The number of hydrogen-bond donors (Lipinski definition) is 1. The van der Waals surface area contributed by atoms with Gasteiger partial charge >= 0.3 is 0 Å². The maximum Gasteiger partial charge on any atom is 0.264 e. The van der Waals surface area contributed by atoms with Crippen molar-refractivity contribution in [3.05, 3.63) is 93.4 Å². The molecule has 224 valence electrons. The van der Waals surface area contributed by atoms with E-state index in [1.807, 2.05) is 26.0 Å². The molecule has 0 aliphatic heterocycles. The number of amides is 2. The predicted molar refractivity (Wildman–Crippen MR) is 171 cm³/mol. The van der Waals surface area contributed by atoms with Crippen molar-refractivity contribution >= 4 is 55.1 Å². The van der Waals surface area contributed by atoms with Gasteiger partial charge in [0.25, 0.3) is 10.0 Å². The van der Waals surface area contributed by atoms with Crippen LogP contribution >= 0.6 is 27.5 Å². The van der Waals surface area contributed by atoms with E-state index < -0.39 is 28.5 Å². The Morgan fingerprint density at radius 2 is 1.69 bits per heavy atom. The van der Waals surface area contributed by atoms with Crippen molar-refractivity contribution in [1.29, 1.82) is 0 Å². The topological polar surface area (TPSA) is 86.8 Å². The standard InChI is InChI=1S/C32H37BrClN3O4S/c1-3-30(32(39)35-26-12-5-4-6-13-26)36(21-24-10-7-8-15-29(24)34)31(38)22-37(27-14-9-11-25(33)20-27)42(40,41)28-18-16-23(2)17-19-28/h7-11,14-20,26,30H,3-6,12-13,21-22H2,1-2H3,(H,35,39). The van der Waals surface area contributed by atoms with Crippen LogP contribution in [0.3, 0.4) is 0 Å². The average molecular weight is 675 g/mol. The Balaban J connectivity index is 1.71. The van der Waals surface area contributed by atoms with Crippen LogP contribution in [0.4, 0.5) is 5.69 Å². The largest absolute Gasteiger partial charge is 0.352 e. The fourth-order valence-corrected chi connectivity index (χ4v) is 7.26. The molecule has 3 aromatic carbocycles. The van der Waals surface area contributed by atoms with Crippen molar-refractivity contribution in [2.24, 2.45) is 0 Å². The summed E-state index contributed by atoms with van der Waals surface area (Å²) in [6.45, 7) is 3.30. The van der Waals surface area contributed by atoms with Gasteiger partial charge in [-0.2, -0.15) is 0 Å². The number of aryl methyl sites for hydroxylation is 1. The van der Waals surface area contributed by atoms with Crippen LogP contribution < -0.4 is 9.62 Å². The maximum atomic E-state index is 14.2. The van der Waals surface area contributed by atoms with Crippen molar-refractivity contribution in [2.75, 3.05) is 10.8 Å². The first-order chi connectivity index (χ1) is 20.1. The molecule has 3 aromatic rings. The second-order valence-corrected chi connectivity index (χ2v) is 13.9. The lowest BCUT2D eigenvalue weighted by Crippen LogP contribution is -2.54. The molecule has 1 saturated carbocycles. The number of sulfonamides is 1. The minimum Gasteiger partial charge on any atom is -0.352 e. The van der Waals surface area contributed by atoms with Gasteiger partial charge in [0.15, 0.2) is 0 Å². The summed E-state index contributed by atoms with van der Waals surface area (Å²) in [6.07, 6.45) is 5.45. The van der Waals surface area contributed by atoms with Crippen molar-refractivity contribution in [1.82, 2.24) is 10.2 Å². The minimum absolute atomic E-state index is 0.0615. The van der Waals surface area contributed by atoms with Crippen LogP contribution in [0.2, 0.25) is 5.02 Å². The molecule has 0 aromatic heterocycles. The van der Waals surface area contributed by atoms with Gasteiger partial charge in [-0.05, 0) is 68.1 Å². The molecule has 1 aliphatic carbocycles. The Kier molecular flexibility index (Phi) is 11.1. The van der Waals surface area contributed by atoms with Gasteiger partial charge in [0.05, 0.1) is 10.6 Å². The number of nitrogens with one attached hydrogen (secondary N) is 1. The summed E-state index contributed by atoms with van der Waals surface area (Å²) in [5.74, 6) is -0.739. The van der Waals surface area contributed by atoms with Crippen LogP contribution in [-0.2, 0) is 26.2 Å². The molecule has 1 unspecified atom stereocenters. The molecule has 0 radical (unpaired) electrons. The summed E-state index contributed by atoms with van der Waals surface area (Å²) in [6, 6.07) is 19.8. The minimum atomic E-state index is -4.13. The molecule has 0 saturated heterocycles. The molecule has 10 heteroatoms. The Morgan fingerprint density at radius 1 is 1.00 bits per heavy atom. The second-order valence-electron chi connectivity index (χ2n) is 10.7. The molecule has 1 N–H and O–H groups in total. The molecular weight excluding hydrogens is 638 g/mol. The normalized spacial score (nSPS) is 14.7. The Bertz CT molecular complexity index is 1490. The van der Waals surface area contributed by atoms with Crippen LogP contribution in [-0.4, -0.2) is 43.8 Å². The lowest BCUT2D eigenvalue weighted by Gasteiger charge is -2.34. The van der Waals surface area contributed by atoms with Crippen LogP contribution in [0.25, 0.3) is 0 Å². The van der Waals surface area contributed by atoms with Gasteiger partial charge in [0.1, 0.15) is 12.6 Å². The van der Waals surface area contributed by atoms with Crippen molar-refractivity contribution in [3.63, 3.8) is 0 Å². The molecular formula is C32H37BrClN3O4S. The lowest BCUT2D eigenvalue weighted by molar-refractivity contribution is -0.140. The molecule has 42 heavy (non-hydrogen) atoms. The molecule has 1 aliphatic rings. The highest BCUT2D eigenvalue weighted by atomic mass is 79.9. The summed E-state index contributed by atoms with van der Waals surface area (Å²) in [5.41, 5.74) is 1.92. The highest BCUT2D eigenvalue weighted by Gasteiger charge is 2.34. The Morgan fingerprint density at radius 3 is 2.33 bits per heavy atom. The van der Waals surface area contributed by atoms with Gasteiger partial charge in [0.2, 0.25) is 11.8 Å². The number of benzene rings is 3.